The standard InChI is InChI=1S/C17H18N6O/c1-12-8-9-14(10-18-12)11-19-17(24)13(2)23-21-16(20-22-23)15-6-4-3-5-7-15/h3-10,13H,11H2,1-2H3,(H,19,24)/t13-/m0/s1. The molecule has 3 aromatic rings. The van der Waals surface area contributed by atoms with Crippen LogP contribution in [0, 0.1) is 6.92 Å². The summed E-state index contributed by atoms with van der Waals surface area (Å²) in [5.74, 6) is 0.325. The minimum atomic E-state index is -0.548. The number of benzene rings is 1. The van der Waals surface area contributed by atoms with Gasteiger partial charge in [0.15, 0.2) is 0 Å². The molecule has 0 fully saturated rings. The van der Waals surface area contributed by atoms with Crippen LogP contribution in [0.3, 0.4) is 0 Å². The lowest BCUT2D eigenvalue weighted by Gasteiger charge is -2.10. The maximum absolute atomic E-state index is 12.3. The quantitative estimate of drug-likeness (QED) is 0.775. The lowest BCUT2D eigenvalue weighted by Crippen LogP contribution is -2.31. The number of amides is 1. The van der Waals surface area contributed by atoms with Crippen LogP contribution in [-0.2, 0) is 11.3 Å². The number of aromatic nitrogens is 5. The summed E-state index contributed by atoms with van der Waals surface area (Å²) in [5, 5.41) is 15.1. The van der Waals surface area contributed by atoms with Gasteiger partial charge in [0, 0.05) is 24.0 Å². The molecule has 0 saturated carbocycles. The van der Waals surface area contributed by atoms with E-state index >= 15 is 0 Å². The zero-order valence-electron chi connectivity index (χ0n) is 13.5. The van der Waals surface area contributed by atoms with Crippen LogP contribution in [0.4, 0.5) is 0 Å². The Morgan fingerprint density at radius 1 is 1.21 bits per heavy atom. The molecule has 2 heterocycles. The maximum atomic E-state index is 12.3. The first-order valence-corrected chi connectivity index (χ1v) is 7.67. The van der Waals surface area contributed by atoms with E-state index in [1.165, 1.54) is 4.80 Å². The van der Waals surface area contributed by atoms with Crippen LogP contribution in [0.5, 0.6) is 0 Å². The van der Waals surface area contributed by atoms with Gasteiger partial charge in [-0.3, -0.25) is 9.78 Å². The summed E-state index contributed by atoms with van der Waals surface area (Å²) in [4.78, 5) is 17.8. The van der Waals surface area contributed by atoms with Crippen LogP contribution in [0.2, 0.25) is 0 Å². The van der Waals surface area contributed by atoms with Gasteiger partial charge in [0.2, 0.25) is 11.7 Å². The summed E-state index contributed by atoms with van der Waals surface area (Å²) in [6.45, 7) is 4.07. The van der Waals surface area contributed by atoms with Crippen molar-refractivity contribution >= 4 is 5.91 Å². The largest absolute Gasteiger partial charge is 0.350 e. The van der Waals surface area contributed by atoms with E-state index in [2.05, 4.69) is 25.7 Å². The van der Waals surface area contributed by atoms with Crippen LogP contribution < -0.4 is 5.32 Å². The van der Waals surface area contributed by atoms with Crippen molar-refractivity contribution in [1.29, 1.82) is 0 Å². The number of hydrogen-bond donors (Lipinski definition) is 1. The average Bonchev–Trinajstić information content (AvgIpc) is 3.11. The minimum absolute atomic E-state index is 0.174. The molecule has 122 valence electrons. The number of aryl methyl sites for hydroxylation is 1. The SMILES string of the molecule is Cc1ccc(CNC(=O)[C@H](C)n2nnc(-c3ccccc3)n2)cn1. The average molecular weight is 322 g/mol. The second-order valence-corrected chi connectivity index (χ2v) is 5.50. The van der Waals surface area contributed by atoms with Crippen molar-refractivity contribution in [2.45, 2.75) is 26.4 Å². The van der Waals surface area contributed by atoms with Crippen LogP contribution in [0.1, 0.15) is 24.2 Å². The number of tetrazole rings is 1. The molecule has 0 aliphatic rings. The third-order valence-electron chi connectivity index (χ3n) is 3.63. The van der Waals surface area contributed by atoms with Gasteiger partial charge in [-0.05, 0) is 30.7 Å². The van der Waals surface area contributed by atoms with Gasteiger partial charge in [0.05, 0.1) is 0 Å². The molecule has 0 radical (unpaired) electrons. The number of nitrogens with zero attached hydrogens (tertiary/aromatic N) is 5. The summed E-state index contributed by atoms with van der Waals surface area (Å²) in [7, 11) is 0. The van der Waals surface area contributed by atoms with Gasteiger partial charge >= 0.3 is 0 Å². The minimum Gasteiger partial charge on any atom is -0.350 e. The fraction of sp³-hybridized carbons (Fsp3) is 0.235. The number of rotatable bonds is 5. The first-order valence-electron chi connectivity index (χ1n) is 7.67. The smallest absolute Gasteiger partial charge is 0.246 e. The molecule has 7 nitrogen and oxygen atoms in total. The Bertz CT molecular complexity index is 813. The third kappa shape index (κ3) is 3.62. The van der Waals surface area contributed by atoms with E-state index < -0.39 is 6.04 Å². The predicted molar refractivity (Wildman–Crippen MR) is 88.8 cm³/mol. The van der Waals surface area contributed by atoms with Gasteiger partial charge < -0.3 is 5.32 Å². The molecule has 1 N–H and O–H groups in total. The summed E-state index contributed by atoms with van der Waals surface area (Å²) in [6.07, 6.45) is 1.75. The summed E-state index contributed by atoms with van der Waals surface area (Å²) < 4.78 is 0. The normalized spacial score (nSPS) is 11.9. The Balaban J connectivity index is 1.63. The predicted octanol–water partition coefficient (Wildman–Crippen LogP) is 1.92. The van der Waals surface area contributed by atoms with Crippen molar-refractivity contribution in [2.24, 2.45) is 0 Å². The number of nitrogens with one attached hydrogen (secondary N) is 1. The van der Waals surface area contributed by atoms with Crippen molar-refractivity contribution in [3.63, 3.8) is 0 Å². The monoisotopic (exact) mass is 322 g/mol. The fourth-order valence-corrected chi connectivity index (χ4v) is 2.14. The number of hydrogen-bond acceptors (Lipinski definition) is 5. The van der Waals surface area contributed by atoms with Gasteiger partial charge in [-0.25, -0.2) is 0 Å². The lowest BCUT2D eigenvalue weighted by atomic mass is 10.2. The zero-order chi connectivity index (χ0) is 16.9. The molecule has 1 amide bonds. The molecule has 0 bridgehead atoms. The highest BCUT2D eigenvalue weighted by atomic mass is 16.2. The molecule has 0 aliphatic carbocycles. The van der Waals surface area contributed by atoms with E-state index in [0.29, 0.717) is 12.4 Å². The number of pyridine rings is 1. The van der Waals surface area contributed by atoms with Gasteiger partial charge in [0.1, 0.15) is 6.04 Å². The number of carbonyl (C=O) groups excluding carboxylic acids is 1. The summed E-state index contributed by atoms with van der Waals surface area (Å²) in [6, 6.07) is 12.8. The van der Waals surface area contributed by atoms with Crippen LogP contribution in [0.15, 0.2) is 48.7 Å². The van der Waals surface area contributed by atoms with Crippen LogP contribution in [0.25, 0.3) is 11.4 Å². The van der Waals surface area contributed by atoms with Gasteiger partial charge in [-0.2, -0.15) is 4.80 Å². The lowest BCUT2D eigenvalue weighted by molar-refractivity contribution is -0.124. The highest BCUT2D eigenvalue weighted by Crippen LogP contribution is 2.13. The fourth-order valence-electron chi connectivity index (χ4n) is 2.14. The summed E-state index contributed by atoms with van der Waals surface area (Å²) >= 11 is 0. The highest BCUT2D eigenvalue weighted by molar-refractivity contribution is 5.79. The van der Waals surface area contributed by atoms with Crippen molar-refractivity contribution in [3.05, 3.63) is 59.9 Å². The Morgan fingerprint density at radius 2 is 2.00 bits per heavy atom. The third-order valence-corrected chi connectivity index (χ3v) is 3.63. The molecular weight excluding hydrogens is 304 g/mol. The van der Waals surface area contributed by atoms with E-state index in [1.807, 2.05) is 49.4 Å². The molecular formula is C17H18N6O. The molecule has 0 spiro atoms. The van der Waals surface area contributed by atoms with E-state index in [0.717, 1.165) is 16.8 Å². The Morgan fingerprint density at radius 3 is 2.71 bits per heavy atom. The van der Waals surface area contributed by atoms with Gasteiger partial charge in [-0.1, -0.05) is 36.4 Å². The Hall–Kier alpha value is -3.09. The molecule has 1 aromatic carbocycles. The van der Waals surface area contributed by atoms with Crippen molar-refractivity contribution in [1.82, 2.24) is 30.5 Å². The summed E-state index contributed by atoms with van der Waals surface area (Å²) in [5.41, 5.74) is 2.75. The molecule has 3 rings (SSSR count). The molecule has 2 aromatic heterocycles. The first-order chi connectivity index (χ1) is 11.6. The van der Waals surface area contributed by atoms with Crippen LogP contribution >= 0.6 is 0 Å². The topological polar surface area (TPSA) is 85.6 Å². The van der Waals surface area contributed by atoms with Crippen molar-refractivity contribution in [2.75, 3.05) is 0 Å². The van der Waals surface area contributed by atoms with Crippen LogP contribution in [-0.4, -0.2) is 31.1 Å². The molecule has 1 atom stereocenters. The van der Waals surface area contributed by atoms with E-state index in [4.69, 9.17) is 0 Å². The van der Waals surface area contributed by atoms with Gasteiger partial charge in [-0.15, -0.1) is 10.2 Å². The first kappa shape index (κ1) is 15.8. The molecule has 24 heavy (non-hydrogen) atoms. The second-order valence-electron chi connectivity index (χ2n) is 5.50. The van der Waals surface area contributed by atoms with Crippen molar-refractivity contribution in [3.8, 4) is 11.4 Å². The van der Waals surface area contributed by atoms with Gasteiger partial charge in [0.25, 0.3) is 0 Å². The number of carbonyl (C=O) groups is 1. The Labute approximate surface area is 139 Å². The Kier molecular flexibility index (Phi) is 4.60. The maximum Gasteiger partial charge on any atom is 0.246 e. The molecule has 0 aliphatic heterocycles. The molecule has 0 saturated heterocycles. The molecule has 7 heteroatoms. The van der Waals surface area contributed by atoms with E-state index in [-0.39, 0.29) is 5.91 Å². The second kappa shape index (κ2) is 6.99. The zero-order valence-corrected chi connectivity index (χ0v) is 13.5. The van der Waals surface area contributed by atoms with Crippen molar-refractivity contribution < 1.29 is 4.79 Å². The highest BCUT2D eigenvalue weighted by Gasteiger charge is 2.18. The van der Waals surface area contributed by atoms with E-state index in [1.54, 1.807) is 13.1 Å². The van der Waals surface area contributed by atoms with E-state index in [9.17, 15) is 4.79 Å². The molecule has 0 unspecified atom stereocenters.